The number of carbonyl (C=O) groups excluding carboxylic acids is 1. The molecule has 1 saturated heterocycles. The minimum Gasteiger partial charge on any atom is -0.340 e. The Hall–Kier alpha value is -1.46. The Labute approximate surface area is 119 Å². The maximum absolute atomic E-state index is 13.6. The number of nitrogens with one attached hydrogen (secondary N) is 2. The van der Waals surface area contributed by atoms with Gasteiger partial charge in [-0.3, -0.25) is 10.2 Å². The monoisotopic (exact) mass is 279 g/mol. The van der Waals surface area contributed by atoms with Crippen molar-refractivity contribution < 1.29 is 9.18 Å². The van der Waals surface area contributed by atoms with Gasteiger partial charge in [-0.05, 0) is 18.9 Å². The summed E-state index contributed by atoms with van der Waals surface area (Å²) in [5.74, 6) is -0.270. The summed E-state index contributed by atoms with van der Waals surface area (Å²) in [4.78, 5) is 13.9. The zero-order chi connectivity index (χ0) is 14.5. The molecule has 1 fully saturated rings. The molecule has 0 spiro atoms. The van der Waals surface area contributed by atoms with Crippen LogP contribution in [0, 0.1) is 5.82 Å². The number of carbonyl (C=O) groups is 1. The Morgan fingerprint density at radius 1 is 1.40 bits per heavy atom. The Morgan fingerprint density at radius 2 is 2.15 bits per heavy atom. The highest BCUT2D eigenvalue weighted by Gasteiger charge is 2.30. The number of amides is 1. The number of hydrogen-bond donors (Lipinski definition) is 2. The molecule has 2 N–H and O–H groups in total. The molecule has 1 aromatic rings. The van der Waals surface area contributed by atoms with E-state index in [4.69, 9.17) is 0 Å². The van der Waals surface area contributed by atoms with Crippen molar-refractivity contribution in [1.82, 2.24) is 15.8 Å². The van der Waals surface area contributed by atoms with Crippen molar-refractivity contribution in [3.63, 3.8) is 0 Å². The van der Waals surface area contributed by atoms with E-state index in [9.17, 15) is 9.18 Å². The maximum Gasteiger partial charge on any atom is 0.241 e. The molecule has 0 saturated carbocycles. The van der Waals surface area contributed by atoms with E-state index in [0.717, 1.165) is 19.3 Å². The van der Waals surface area contributed by atoms with E-state index in [0.29, 0.717) is 18.2 Å². The summed E-state index contributed by atoms with van der Waals surface area (Å²) in [6, 6.07) is 6.68. The highest BCUT2D eigenvalue weighted by atomic mass is 19.1. The van der Waals surface area contributed by atoms with E-state index >= 15 is 0 Å². The van der Waals surface area contributed by atoms with Crippen LogP contribution in [-0.4, -0.2) is 29.9 Å². The fourth-order valence-electron chi connectivity index (χ4n) is 2.55. The molecule has 1 heterocycles. The number of halogens is 1. The van der Waals surface area contributed by atoms with Gasteiger partial charge in [0.05, 0.1) is 0 Å². The predicted molar refractivity (Wildman–Crippen MR) is 76.2 cm³/mol. The van der Waals surface area contributed by atoms with Crippen LogP contribution in [0.5, 0.6) is 0 Å². The van der Waals surface area contributed by atoms with E-state index in [1.165, 1.54) is 6.07 Å². The van der Waals surface area contributed by atoms with Crippen molar-refractivity contribution in [1.29, 1.82) is 0 Å². The first-order chi connectivity index (χ1) is 9.61. The summed E-state index contributed by atoms with van der Waals surface area (Å²) >= 11 is 0. The second-order valence-electron chi connectivity index (χ2n) is 5.35. The van der Waals surface area contributed by atoms with Gasteiger partial charge in [-0.2, -0.15) is 0 Å². The summed E-state index contributed by atoms with van der Waals surface area (Å²) < 4.78 is 13.6. The van der Waals surface area contributed by atoms with Crippen molar-refractivity contribution in [3.8, 4) is 0 Å². The highest BCUT2D eigenvalue weighted by Crippen LogP contribution is 2.14. The van der Waals surface area contributed by atoms with Crippen LogP contribution in [0.3, 0.4) is 0 Å². The van der Waals surface area contributed by atoms with Gasteiger partial charge >= 0.3 is 0 Å². The molecule has 1 amide bonds. The van der Waals surface area contributed by atoms with Gasteiger partial charge in [0.2, 0.25) is 5.91 Å². The van der Waals surface area contributed by atoms with Crippen LogP contribution in [0.2, 0.25) is 0 Å². The van der Waals surface area contributed by atoms with Gasteiger partial charge in [-0.25, -0.2) is 9.82 Å². The van der Waals surface area contributed by atoms with Gasteiger partial charge in [-0.1, -0.05) is 31.5 Å². The van der Waals surface area contributed by atoms with Crippen molar-refractivity contribution in [2.24, 2.45) is 0 Å². The topological polar surface area (TPSA) is 44.4 Å². The molecule has 0 radical (unpaired) electrons. The van der Waals surface area contributed by atoms with E-state index in [1.807, 2.05) is 0 Å². The Morgan fingerprint density at radius 3 is 2.85 bits per heavy atom. The van der Waals surface area contributed by atoms with Crippen molar-refractivity contribution in [3.05, 3.63) is 35.6 Å². The number of benzene rings is 1. The molecule has 1 aromatic carbocycles. The zero-order valence-corrected chi connectivity index (χ0v) is 12.0. The van der Waals surface area contributed by atoms with Crippen LogP contribution in [0.4, 0.5) is 4.39 Å². The molecule has 2 unspecified atom stereocenters. The van der Waals surface area contributed by atoms with Crippen LogP contribution < -0.4 is 10.9 Å². The number of likely N-dealkylation sites (N-methyl/N-ethyl adjacent to an activating group) is 1. The van der Waals surface area contributed by atoms with Gasteiger partial charge in [0.1, 0.15) is 11.9 Å². The Balaban J connectivity index is 1.91. The molecule has 5 heteroatoms. The molecule has 1 aliphatic heterocycles. The van der Waals surface area contributed by atoms with Crippen LogP contribution in [0.1, 0.15) is 31.7 Å². The van der Waals surface area contributed by atoms with E-state index in [-0.39, 0.29) is 17.8 Å². The summed E-state index contributed by atoms with van der Waals surface area (Å²) in [5, 5.41) is 0. The third-order valence-corrected chi connectivity index (χ3v) is 3.66. The lowest BCUT2D eigenvalue weighted by Crippen LogP contribution is -2.44. The SMILES string of the molecule is CCCC1CC(C(=O)N(C)Cc2ccccc2F)NN1. The lowest BCUT2D eigenvalue weighted by molar-refractivity contribution is -0.132. The first-order valence-corrected chi connectivity index (χ1v) is 7.11. The fourth-order valence-corrected chi connectivity index (χ4v) is 2.55. The second kappa shape index (κ2) is 6.81. The number of nitrogens with zero attached hydrogens (tertiary/aromatic N) is 1. The Kier molecular flexibility index (Phi) is 5.09. The second-order valence-corrected chi connectivity index (χ2v) is 5.35. The van der Waals surface area contributed by atoms with Crippen LogP contribution >= 0.6 is 0 Å². The van der Waals surface area contributed by atoms with Crippen molar-refractivity contribution in [2.75, 3.05) is 7.05 Å². The lowest BCUT2D eigenvalue weighted by Gasteiger charge is -2.21. The summed E-state index contributed by atoms with van der Waals surface area (Å²) in [5.41, 5.74) is 6.73. The molecule has 1 aliphatic rings. The van der Waals surface area contributed by atoms with Gasteiger partial charge in [0, 0.05) is 25.2 Å². The molecule has 0 aromatic heterocycles. The molecule has 2 atom stereocenters. The summed E-state index contributed by atoms with van der Waals surface area (Å²) in [6.45, 7) is 2.42. The van der Waals surface area contributed by atoms with Gasteiger partial charge in [-0.15, -0.1) is 0 Å². The third kappa shape index (κ3) is 3.55. The standard InChI is InChI=1S/C15H22FN3O/c1-3-6-12-9-14(18-17-12)15(20)19(2)10-11-7-4-5-8-13(11)16/h4-5,7-8,12,14,17-18H,3,6,9-10H2,1-2H3. The molecule has 0 aliphatic carbocycles. The van der Waals surface area contributed by atoms with Crippen LogP contribution in [0.25, 0.3) is 0 Å². The minimum absolute atomic E-state index is 0.000596. The smallest absolute Gasteiger partial charge is 0.241 e. The van der Waals surface area contributed by atoms with Crippen molar-refractivity contribution in [2.45, 2.75) is 44.8 Å². The van der Waals surface area contributed by atoms with E-state index < -0.39 is 0 Å². The largest absolute Gasteiger partial charge is 0.340 e. The zero-order valence-electron chi connectivity index (χ0n) is 12.0. The molecular formula is C15H22FN3O. The number of rotatable bonds is 5. The van der Waals surface area contributed by atoms with Crippen LogP contribution in [-0.2, 0) is 11.3 Å². The average Bonchev–Trinajstić information content (AvgIpc) is 2.89. The predicted octanol–water partition coefficient (Wildman–Crippen LogP) is 1.82. The fraction of sp³-hybridized carbons (Fsp3) is 0.533. The quantitative estimate of drug-likeness (QED) is 0.864. The summed E-state index contributed by atoms with van der Waals surface area (Å²) in [7, 11) is 1.71. The van der Waals surface area contributed by atoms with Crippen LogP contribution in [0.15, 0.2) is 24.3 Å². The molecular weight excluding hydrogens is 257 g/mol. The third-order valence-electron chi connectivity index (χ3n) is 3.66. The van der Waals surface area contributed by atoms with Gasteiger partial charge < -0.3 is 4.90 Å². The van der Waals surface area contributed by atoms with Gasteiger partial charge in [0.15, 0.2) is 0 Å². The number of hydrazine groups is 1. The van der Waals surface area contributed by atoms with E-state index in [1.54, 1.807) is 30.1 Å². The normalized spacial score (nSPS) is 21.9. The first kappa shape index (κ1) is 14.9. The minimum atomic E-state index is -0.270. The molecule has 110 valence electrons. The van der Waals surface area contributed by atoms with Gasteiger partial charge in [0.25, 0.3) is 0 Å². The summed E-state index contributed by atoms with van der Waals surface area (Å²) in [6.07, 6.45) is 2.92. The Bertz CT molecular complexity index is 466. The average molecular weight is 279 g/mol. The number of hydrogen-bond acceptors (Lipinski definition) is 3. The first-order valence-electron chi connectivity index (χ1n) is 7.11. The lowest BCUT2D eigenvalue weighted by atomic mass is 10.1. The molecule has 0 bridgehead atoms. The molecule has 4 nitrogen and oxygen atoms in total. The highest BCUT2D eigenvalue weighted by molar-refractivity contribution is 5.82. The maximum atomic E-state index is 13.6. The molecule has 20 heavy (non-hydrogen) atoms. The molecule has 2 rings (SSSR count). The van der Waals surface area contributed by atoms with E-state index in [2.05, 4.69) is 17.8 Å². The van der Waals surface area contributed by atoms with Crippen molar-refractivity contribution >= 4 is 5.91 Å².